The summed E-state index contributed by atoms with van der Waals surface area (Å²) in [6.45, 7) is 1.37. The van der Waals surface area contributed by atoms with Crippen molar-refractivity contribution in [3.63, 3.8) is 0 Å². The van der Waals surface area contributed by atoms with Gasteiger partial charge in [0.25, 0.3) is 0 Å². The van der Waals surface area contributed by atoms with E-state index in [0.29, 0.717) is 19.0 Å². The molecule has 2 aromatic heterocycles. The molecule has 2 rings (SSSR count). The van der Waals surface area contributed by atoms with Gasteiger partial charge in [0.15, 0.2) is 5.96 Å². The zero-order valence-electron chi connectivity index (χ0n) is 15.3. The van der Waals surface area contributed by atoms with Crippen LogP contribution in [0.3, 0.4) is 0 Å². The van der Waals surface area contributed by atoms with Crippen molar-refractivity contribution >= 4 is 29.9 Å². The van der Waals surface area contributed by atoms with Gasteiger partial charge in [-0.15, -0.1) is 24.0 Å². The average molecular weight is 497 g/mol. The second-order valence-electron chi connectivity index (χ2n) is 5.67. The molecule has 2 aromatic rings. The Labute approximate surface area is 173 Å². The fourth-order valence-corrected chi connectivity index (χ4v) is 2.32. The number of halogens is 4. The summed E-state index contributed by atoms with van der Waals surface area (Å²) in [5, 5.41) is 3.14. The van der Waals surface area contributed by atoms with Crippen LogP contribution in [-0.2, 0) is 19.8 Å². The molecule has 0 bridgehead atoms. The molecule has 0 fully saturated rings. The summed E-state index contributed by atoms with van der Waals surface area (Å²) in [7, 11) is 5.58. The molecule has 6 nitrogen and oxygen atoms in total. The molecular formula is C17H23F3IN5O. The van der Waals surface area contributed by atoms with Gasteiger partial charge in [0, 0.05) is 45.3 Å². The van der Waals surface area contributed by atoms with Crippen molar-refractivity contribution in [1.82, 2.24) is 19.8 Å². The number of rotatable bonds is 6. The smallest absolute Gasteiger partial charge is 0.417 e. The standard InChI is InChI=1S/C17H22F3N5O.HI/c1-21-16(25(3)12-14-5-4-9-24(14)2)22-8-10-26-15-7-6-13(11-23-15)17(18,19)20;/h4-7,9,11H,8,10,12H2,1-3H3,(H,21,22);1H. The summed E-state index contributed by atoms with van der Waals surface area (Å²) in [4.78, 5) is 9.83. The Morgan fingerprint density at radius 2 is 2.07 bits per heavy atom. The number of pyridine rings is 1. The number of aryl methyl sites for hydroxylation is 1. The fourth-order valence-electron chi connectivity index (χ4n) is 2.32. The Morgan fingerprint density at radius 3 is 2.59 bits per heavy atom. The molecule has 10 heteroatoms. The molecule has 27 heavy (non-hydrogen) atoms. The number of aromatic nitrogens is 2. The van der Waals surface area contributed by atoms with Gasteiger partial charge >= 0.3 is 6.18 Å². The monoisotopic (exact) mass is 497 g/mol. The number of nitrogens with one attached hydrogen (secondary N) is 1. The number of hydrogen-bond donors (Lipinski definition) is 1. The molecule has 0 spiro atoms. The van der Waals surface area contributed by atoms with Crippen LogP contribution in [0.25, 0.3) is 0 Å². The van der Waals surface area contributed by atoms with Crippen molar-refractivity contribution < 1.29 is 17.9 Å². The van der Waals surface area contributed by atoms with Crippen molar-refractivity contribution in [1.29, 1.82) is 0 Å². The van der Waals surface area contributed by atoms with Crippen LogP contribution in [0.4, 0.5) is 13.2 Å². The van der Waals surface area contributed by atoms with Crippen molar-refractivity contribution in [3.05, 3.63) is 47.9 Å². The van der Waals surface area contributed by atoms with Gasteiger partial charge in [-0.2, -0.15) is 13.2 Å². The van der Waals surface area contributed by atoms with Gasteiger partial charge in [-0.1, -0.05) is 0 Å². The number of guanidine groups is 1. The van der Waals surface area contributed by atoms with Gasteiger partial charge in [-0.25, -0.2) is 4.98 Å². The molecule has 0 radical (unpaired) electrons. The minimum atomic E-state index is -4.40. The van der Waals surface area contributed by atoms with Crippen LogP contribution < -0.4 is 10.1 Å². The molecule has 2 heterocycles. The first kappa shape index (κ1) is 23.1. The molecule has 0 unspecified atom stereocenters. The topological polar surface area (TPSA) is 54.7 Å². The summed E-state index contributed by atoms with van der Waals surface area (Å²) in [6.07, 6.45) is -1.66. The van der Waals surface area contributed by atoms with Gasteiger partial charge in [0.05, 0.1) is 18.7 Å². The molecule has 0 saturated carbocycles. The second kappa shape index (κ2) is 10.4. The largest absolute Gasteiger partial charge is 0.476 e. The minimum Gasteiger partial charge on any atom is -0.476 e. The first-order valence-electron chi connectivity index (χ1n) is 7.99. The zero-order chi connectivity index (χ0) is 19.2. The maximum absolute atomic E-state index is 12.5. The molecule has 0 aliphatic carbocycles. The molecule has 0 saturated heterocycles. The number of hydrogen-bond acceptors (Lipinski definition) is 3. The van der Waals surface area contributed by atoms with Crippen LogP contribution >= 0.6 is 24.0 Å². The lowest BCUT2D eigenvalue weighted by molar-refractivity contribution is -0.137. The number of alkyl halides is 3. The molecule has 0 atom stereocenters. The summed E-state index contributed by atoms with van der Waals surface area (Å²) in [6, 6.07) is 6.16. The molecule has 0 aliphatic rings. The highest BCUT2D eigenvalue weighted by atomic mass is 127. The van der Waals surface area contributed by atoms with Gasteiger partial charge < -0.3 is 19.5 Å². The van der Waals surface area contributed by atoms with Crippen LogP contribution in [-0.4, -0.2) is 47.7 Å². The highest BCUT2D eigenvalue weighted by Gasteiger charge is 2.30. The van der Waals surface area contributed by atoms with E-state index in [0.717, 1.165) is 18.0 Å². The van der Waals surface area contributed by atoms with Crippen LogP contribution in [0.1, 0.15) is 11.3 Å². The van der Waals surface area contributed by atoms with Crippen LogP contribution in [0.15, 0.2) is 41.7 Å². The van der Waals surface area contributed by atoms with E-state index in [-0.39, 0.29) is 36.5 Å². The van der Waals surface area contributed by atoms with E-state index in [4.69, 9.17) is 4.74 Å². The quantitative estimate of drug-likeness (QED) is 0.289. The van der Waals surface area contributed by atoms with E-state index in [2.05, 4.69) is 15.3 Å². The predicted molar refractivity (Wildman–Crippen MR) is 108 cm³/mol. The predicted octanol–water partition coefficient (Wildman–Crippen LogP) is 3.14. The van der Waals surface area contributed by atoms with E-state index in [9.17, 15) is 13.2 Å². The third-order valence-electron chi connectivity index (χ3n) is 3.72. The number of ether oxygens (including phenoxy) is 1. The Morgan fingerprint density at radius 1 is 1.33 bits per heavy atom. The Hall–Kier alpha value is -1.98. The van der Waals surface area contributed by atoms with E-state index < -0.39 is 11.7 Å². The SMILES string of the molecule is CN=C(NCCOc1ccc(C(F)(F)F)cn1)N(C)Cc1cccn1C.I. The molecule has 0 aliphatic heterocycles. The molecule has 1 N–H and O–H groups in total. The lowest BCUT2D eigenvalue weighted by atomic mass is 10.3. The highest BCUT2D eigenvalue weighted by molar-refractivity contribution is 14.0. The van der Waals surface area contributed by atoms with E-state index in [1.165, 1.54) is 6.07 Å². The van der Waals surface area contributed by atoms with Gasteiger partial charge in [-0.05, 0) is 18.2 Å². The van der Waals surface area contributed by atoms with Crippen molar-refractivity contribution in [3.8, 4) is 5.88 Å². The van der Waals surface area contributed by atoms with E-state index in [1.807, 2.05) is 41.9 Å². The van der Waals surface area contributed by atoms with Crippen LogP contribution in [0.5, 0.6) is 5.88 Å². The summed E-state index contributed by atoms with van der Waals surface area (Å²) >= 11 is 0. The third-order valence-corrected chi connectivity index (χ3v) is 3.72. The molecule has 150 valence electrons. The van der Waals surface area contributed by atoms with Crippen molar-refractivity contribution in [2.24, 2.45) is 12.0 Å². The lowest BCUT2D eigenvalue weighted by Crippen LogP contribution is -2.40. The molecule has 0 amide bonds. The Kier molecular flexibility index (Phi) is 8.86. The zero-order valence-corrected chi connectivity index (χ0v) is 17.7. The fraction of sp³-hybridized carbons (Fsp3) is 0.412. The average Bonchev–Trinajstić information content (AvgIpc) is 2.99. The third kappa shape index (κ3) is 6.92. The molecular weight excluding hydrogens is 474 g/mol. The van der Waals surface area contributed by atoms with Crippen LogP contribution in [0.2, 0.25) is 0 Å². The number of nitrogens with zero attached hydrogens (tertiary/aromatic N) is 4. The van der Waals surface area contributed by atoms with Gasteiger partial charge in [0.2, 0.25) is 5.88 Å². The maximum Gasteiger partial charge on any atom is 0.417 e. The van der Waals surface area contributed by atoms with E-state index in [1.54, 1.807) is 7.05 Å². The highest BCUT2D eigenvalue weighted by Crippen LogP contribution is 2.29. The lowest BCUT2D eigenvalue weighted by Gasteiger charge is -2.22. The first-order valence-corrected chi connectivity index (χ1v) is 7.99. The molecule has 0 aromatic carbocycles. The number of aliphatic imine (C=N–C) groups is 1. The van der Waals surface area contributed by atoms with Crippen molar-refractivity contribution in [2.45, 2.75) is 12.7 Å². The van der Waals surface area contributed by atoms with E-state index >= 15 is 0 Å². The second-order valence-corrected chi connectivity index (χ2v) is 5.67. The van der Waals surface area contributed by atoms with Gasteiger partial charge in [-0.3, -0.25) is 4.99 Å². The normalized spacial score (nSPS) is 11.7. The summed E-state index contributed by atoms with van der Waals surface area (Å²) < 4.78 is 44.8. The minimum absolute atomic E-state index is 0. The Balaban J connectivity index is 0.00000364. The van der Waals surface area contributed by atoms with Gasteiger partial charge in [0.1, 0.15) is 6.61 Å². The van der Waals surface area contributed by atoms with Crippen molar-refractivity contribution in [2.75, 3.05) is 27.2 Å². The summed E-state index contributed by atoms with van der Waals surface area (Å²) in [5.74, 6) is 0.835. The Bertz CT molecular complexity index is 731. The van der Waals surface area contributed by atoms with Crippen LogP contribution in [0, 0.1) is 0 Å². The first-order chi connectivity index (χ1) is 12.3. The maximum atomic E-state index is 12.5. The summed E-state index contributed by atoms with van der Waals surface area (Å²) in [5.41, 5.74) is 0.339.